The molecule has 0 atom stereocenters. The molecule has 0 amide bonds. The van der Waals surface area contributed by atoms with E-state index < -0.39 is 5.97 Å². The van der Waals surface area contributed by atoms with Crippen LogP contribution in [0.25, 0.3) is 17.0 Å². The molecule has 1 aliphatic rings. The molecule has 30 heavy (non-hydrogen) atoms. The van der Waals surface area contributed by atoms with Crippen molar-refractivity contribution in [2.75, 3.05) is 0 Å². The molecule has 0 saturated heterocycles. The Morgan fingerprint density at radius 2 is 1.53 bits per heavy atom. The number of nitrogens with zero attached hydrogens (tertiary/aromatic N) is 2. The van der Waals surface area contributed by atoms with Gasteiger partial charge in [-0.1, -0.05) is 66.4 Å². The number of esters is 1. The van der Waals surface area contributed by atoms with Crippen molar-refractivity contribution in [3.05, 3.63) is 108 Å². The largest absolute Gasteiger partial charge is 0.402 e. The third-order valence-electron chi connectivity index (χ3n) is 4.61. The number of fused-ring (bicyclic) bond motifs is 1. The normalized spacial score (nSPS) is 14.7. The van der Waals surface area contributed by atoms with Gasteiger partial charge in [0.2, 0.25) is 5.90 Å². The summed E-state index contributed by atoms with van der Waals surface area (Å²) in [5, 5.41) is 1.81. The maximum absolute atomic E-state index is 12.5. The highest BCUT2D eigenvalue weighted by Crippen LogP contribution is 2.33. The Morgan fingerprint density at radius 3 is 2.33 bits per heavy atom. The highest BCUT2D eigenvalue weighted by molar-refractivity contribution is 7.99. The van der Waals surface area contributed by atoms with Gasteiger partial charge in [0, 0.05) is 21.4 Å². The van der Waals surface area contributed by atoms with Crippen LogP contribution in [0.4, 0.5) is 0 Å². The van der Waals surface area contributed by atoms with E-state index in [4.69, 9.17) is 9.72 Å². The van der Waals surface area contributed by atoms with Crippen LogP contribution in [0.5, 0.6) is 0 Å². The van der Waals surface area contributed by atoms with Crippen molar-refractivity contribution < 1.29 is 9.53 Å². The standard InChI is InChI=1S/C25H16N2O2S/c28-25-22(26-23(29-25)17-9-3-1-4-10-17)16-19-15-18-11-7-8-14-21(18)27-24(19)30-20-12-5-2-6-13-20/h1-16H. The van der Waals surface area contributed by atoms with Gasteiger partial charge in [-0.15, -0.1) is 0 Å². The second kappa shape index (κ2) is 7.97. The Labute approximate surface area is 178 Å². The Hall–Kier alpha value is -3.70. The molecule has 4 nitrogen and oxygen atoms in total. The number of hydrogen-bond donors (Lipinski definition) is 0. The Kier molecular flexibility index (Phi) is 4.87. The molecule has 0 spiro atoms. The molecule has 1 aromatic heterocycles. The van der Waals surface area contributed by atoms with Crippen molar-refractivity contribution in [1.29, 1.82) is 0 Å². The molecule has 0 fully saturated rings. The lowest BCUT2D eigenvalue weighted by atomic mass is 10.1. The maximum atomic E-state index is 12.5. The Morgan fingerprint density at radius 1 is 0.833 bits per heavy atom. The van der Waals surface area contributed by atoms with Crippen LogP contribution in [0.2, 0.25) is 0 Å². The third-order valence-corrected chi connectivity index (χ3v) is 5.64. The molecule has 1 aliphatic heterocycles. The van der Waals surface area contributed by atoms with Gasteiger partial charge < -0.3 is 4.74 Å². The smallest absolute Gasteiger partial charge is 0.363 e. The number of rotatable bonds is 4. The van der Waals surface area contributed by atoms with E-state index in [0.29, 0.717) is 5.90 Å². The minimum atomic E-state index is -0.460. The van der Waals surface area contributed by atoms with Crippen molar-refractivity contribution in [2.45, 2.75) is 9.92 Å². The average Bonchev–Trinajstić information content (AvgIpc) is 3.16. The first kappa shape index (κ1) is 18.3. The summed E-state index contributed by atoms with van der Waals surface area (Å²) in [7, 11) is 0. The Balaban J connectivity index is 1.59. The SMILES string of the molecule is O=C1OC(c2ccccc2)=NC1=Cc1cc2ccccc2nc1Sc1ccccc1. The predicted octanol–water partition coefficient (Wildman–Crippen LogP) is 5.73. The lowest BCUT2D eigenvalue weighted by Gasteiger charge is -2.08. The van der Waals surface area contributed by atoms with Crippen molar-refractivity contribution >= 4 is 40.6 Å². The zero-order valence-electron chi connectivity index (χ0n) is 15.9. The molecule has 2 heterocycles. The highest BCUT2D eigenvalue weighted by Gasteiger charge is 2.24. The second-order valence-corrected chi connectivity index (χ2v) is 7.75. The van der Waals surface area contributed by atoms with E-state index in [9.17, 15) is 4.79 Å². The summed E-state index contributed by atoms with van der Waals surface area (Å²) in [6, 6.07) is 29.4. The minimum Gasteiger partial charge on any atom is -0.402 e. The average molecular weight is 408 g/mol. The van der Waals surface area contributed by atoms with Gasteiger partial charge in [-0.05, 0) is 42.5 Å². The number of para-hydroxylation sites is 1. The lowest BCUT2D eigenvalue weighted by molar-refractivity contribution is -0.129. The summed E-state index contributed by atoms with van der Waals surface area (Å²) in [5.74, 6) is -0.143. The minimum absolute atomic E-state index is 0.265. The monoisotopic (exact) mass is 408 g/mol. The number of carbonyl (C=O) groups excluding carboxylic acids is 1. The second-order valence-electron chi connectivity index (χ2n) is 6.69. The van der Waals surface area contributed by atoms with Gasteiger partial charge in [-0.2, -0.15) is 0 Å². The van der Waals surface area contributed by atoms with Crippen LogP contribution < -0.4 is 0 Å². The van der Waals surface area contributed by atoms with E-state index in [1.165, 1.54) is 0 Å². The van der Waals surface area contributed by atoms with Gasteiger partial charge in [-0.3, -0.25) is 0 Å². The van der Waals surface area contributed by atoms with Crippen LogP contribution in [0.1, 0.15) is 11.1 Å². The quantitative estimate of drug-likeness (QED) is 0.320. The number of ether oxygens (including phenoxy) is 1. The summed E-state index contributed by atoms with van der Waals surface area (Å²) >= 11 is 1.55. The first-order chi connectivity index (χ1) is 14.8. The van der Waals surface area contributed by atoms with Gasteiger partial charge in [0.05, 0.1) is 5.52 Å². The van der Waals surface area contributed by atoms with Crippen LogP contribution >= 0.6 is 11.8 Å². The number of aliphatic imine (C=N–C) groups is 1. The van der Waals surface area contributed by atoms with Crippen LogP contribution in [0, 0.1) is 0 Å². The van der Waals surface area contributed by atoms with Crippen molar-refractivity contribution in [2.24, 2.45) is 4.99 Å². The Bertz CT molecular complexity index is 1300. The first-order valence-corrected chi connectivity index (χ1v) is 10.3. The van der Waals surface area contributed by atoms with Crippen LogP contribution in [-0.2, 0) is 9.53 Å². The molecule has 0 bridgehead atoms. The number of cyclic esters (lactones) is 1. The molecule has 0 unspecified atom stereocenters. The van der Waals surface area contributed by atoms with Gasteiger partial charge in [0.15, 0.2) is 5.70 Å². The van der Waals surface area contributed by atoms with E-state index in [1.807, 2.05) is 91.0 Å². The summed E-state index contributed by atoms with van der Waals surface area (Å²) < 4.78 is 5.39. The summed E-state index contributed by atoms with van der Waals surface area (Å²) in [5.41, 5.74) is 2.76. The number of benzene rings is 3. The number of aromatic nitrogens is 1. The summed E-state index contributed by atoms with van der Waals surface area (Å²) in [6.45, 7) is 0. The first-order valence-electron chi connectivity index (χ1n) is 9.47. The van der Waals surface area contributed by atoms with Gasteiger partial charge in [0.25, 0.3) is 0 Å². The summed E-state index contributed by atoms with van der Waals surface area (Å²) in [6.07, 6.45) is 1.75. The maximum Gasteiger partial charge on any atom is 0.363 e. The van der Waals surface area contributed by atoms with Crippen LogP contribution in [-0.4, -0.2) is 16.9 Å². The van der Waals surface area contributed by atoms with Crippen LogP contribution in [0.3, 0.4) is 0 Å². The van der Waals surface area contributed by atoms with E-state index in [-0.39, 0.29) is 5.70 Å². The molecular formula is C25H16N2O2S. The van der Waals surface area contributed by atoms with Crippen molar-refractivity contribution in [1.82, 2.24) is 4.98 Å². The third kappa shape index (κ3) is 3.75. The fourth-order valence-electron chi connectivity index (χ4n) is 3.16. The summed E-state index contributed by atoms with van der Waals surface area (Å²) in [4.78, 5) is 22.8. The lowest BCUT2D eigenvalue weighted by Crippen LogP contribution is -2.05. The van der Waals surface area contributed by atoms with Gasteiger partial charge in [0.1, 0.15) is 5.03 Å². The molecule has 0 radical (unpaired) electrons. The van der Waals surface area contributed by atoms with Crippen LogP contribution in [0.15, 0.2) is 112 Å². The molecule has 0 saturated carbocycles. The molecular weight excluding hydrogens is 392 g/mol. The molecule has 144 valence electrons. The highest BCUT2D eigenvalue weighted by atomic mass is 32.2. The molecule has 3 aromatic carbocycles. The fourth-order valence-corrected chi connectivity index (χ4v) is 4.06. The molecule has 0 aliphatic carbocycles. The van der Waals surface area contributed by atoms with Gasteiger partial charge >= 0.3 is 5.97 Å². The molecule has 5 heteroatoms. The van der Waals surface area contributed by atoms with E-state index in [2.05, 4.69) is 4.99 Å². The predicted molar refractivity (Wildman–Crippen MR) is 119 cm³/mol. The van der Waals surface area contributed by atoms with E-state index in [0.717, 1.165) is 32.0 Å². The van der Waals surface area contributed by atoms with Crippen molar-refractivity contribution in [3.8, 4) is 0 Å². The number of pyridine rings is 1. The molecule has 4 aromatic rings. The molecule has 0 N–H and O–H groups in total. The number of carbonyl (C=O) groups is 1. The zero-order valence-corrected chi connectivity index (χ0v) is 16.7. The van der Waals surface area contributed by atoms with Crippen molar-refractivity contribution in [3.63, 3.8) is 0 Å². The number of hydrogen-bond acceptors (Lipinski definition) is 5. The fraction of sp³-hybridized carbons (Fsp3) is 0. The zero-order chi connectivity index (χ0) is 20.3. The van der Waals surface area contributed by atoms with E-state index >= 15 is 0 Å². The molecule has 5 rings (SSSR count). The van der Waals surface area contributed by atoms with E-state index in [1.54, 1.807) is 17.8 Å². The van der Waals surface area contributed by atoms with Gasteiger partial charge in [-0.25, -0.2) is 14.8 Å². The topological polar surface area (TPSA) is 51.5 Å².